The maximum absolute atomic E-state index is 13.6. The van der Waals surface area contributed by atoms with Gasteiger partial charge in [0.05, 0.1) is 11.1 Å². The van der Waals surface area contributed by atoms with Gasteiger partial charge in [0.25, 0.3) is 5.91 Å². The number of halogens is 2. The molecule has 1 aromatic rings. The van der Waals surface area contributed by atoms with Crippen LogP contribution in [0.5, 0.6) is 0 Å². The van der Waals surface area contributed by atoms with Crippen LogP contribution in [0.4, 0.5) is 4.39 Å². The highest BCUT2D eigenvalue weighted by Gasteiger charge is 2.30. The molecule has 2 rings (SSSR count). The standard InChI is InChI=1S/C12H14BrFN2O/c1-12(4-5-15-7-12)16-11(17)9-3-2-8(13)6-10(9)14/h2-3,6,15H,4-5,7H2,1H3,(H,16,17). The zero-order valence-corrected chi connectivity index (χ0v) is 11.1. The molecule has 0 radical (unpaired) electrons. The van der Waals surface area contributed by atoms with Crippen molar-refractivity contribution in [2.24, 2.45) is 0 Å². The maximum atomic E-state index is 13.6. The van der Waals surface area contributed by atoms with E-state index in [4.69, 9.17) is 0 Å². The van der Waals surface area contributed by atoms with Gasteiger partial charge in [-0.2, -0.15) is 0 Å². The number of benzene rings is 1. The fraction of sp³-hybridized carbons (Fsp3) is 0.417. The highest BCUT2D eigenvalue weighted by atomic mass is 79.9. The van der Waals surface area contributed by atoms with Crippen LogP contribution in [0.3, 0.4) is 0 Å². The van der Waals surface area contributed by atoms with E-state index >= 15 is 0 Å². The van der Waals surface area contributed by atoms with Crippen LogP contribution in [0.2, 0.25) is 0 Å². The Kier molecular flexibility index (Phi) is 3.49. The SMILES string of the molecule is CC1(NC(=O)c2ccc(Br)cc2F)CCNC1. The van der Waals surface area contributed by atoms with E-state index in [-0.39, 0.29) is 17.0 Å². The van der Waals surface area contributed by atoms with Crippen molar-refractivity contribution in [2.45, 2.75) is 18.9 Å². The molecule has 0 bridgehead atoms. The number of nitrogens with one attached hydrogen (secondary N) is 2. The summed E-state index contributed by atoms with van der Waals surface area (Å²) in [4.78, 5) is 11.9. The topological polar surface area (TPSA) is 41.1 Å². The summed E-state index contributed by atoms with van der Waals surface area (Å²) in [5, 5.41) is 6.05. The summed E-state index contributed by atoms with van der Waals surface area (Å²) >= 11 is 3.16. The van der Waals surface area contributed by atoms with Crippen LogP contribution in [-0.4, -0.2) is 24.5 Å². The van der Waals surface area contributed by atoms with Gasteiger partial charge in [-0.3, -0.25) is 4.79 Å². The molecule has 2 N–H and O–H groups in total. The molecular weight excluding hydrogens is 287 g/mol. The van der Waals surface area contributed by atoms with Crippen LogP contribution in [0.1, 0.15) is 23.7 Å². The zero-order chi connectivity index (χ0) is 12.5. The normalized spacial score (nSPS) is 23.7. The Balaban J connectivity index is 2.14. The number of hydrogen-bond donors (Lipinski definition) is 2. The van der Waals surface area contributed by atoms with Crippen molar-refractivity contribution in [3.8, 4) is 0 Å². The van der Waals surface area contributed by atoms with Crippen LogP contribution in [0, 0.1) is 5.82 Å². The van der Waals surface area contributed by atoms with Crippen molar-refractivity contribution in [3.05, 3.63) is 34.1 Å². The minimum absolute atomic E-state index is 0.0846. The van der Waals surface area contributed by atoms with Gasteiger partial charge in [0, 0.05) is 11.0 Å². The molecule has 1 heterocycles. The van der Waals surface area contributed by atoms with E-state index in [1.807, 2.05) is 6.92 Å². The summed E-state index contributed by atoms with van der Waals surface area (Å²) in [7, 11) is 0. The van der Waals surface area contributed by atoms with Crippen LogP contribution >= 0.6 is 15.9 Å². The van der Waals surface area contributed by atoms with Gasteiger partial charge in [-0.05, 0) is 38.1 Å². The lowest BCUT2D eigenvalue weighted by molar-refractivity contribution is 0.0909. The van der Waals surface area contributed by atoms with Crippen LogP contribution in [0.15, 0.2) is 22.7 Å². The van der Waals surface area contributed by atoms with Gasteiger partial charge in [-0.1, -0.05) is 15.9 Å². The second kappa shape index (κ2) is 4.74. The lowest BCUT2D eigenvalue weighted by atomic mass is 10.0. The third-order valence-electron chi connectivity index (χ3n) is 2.96. The van der Waals surface area contributed by atoms with Crippen molar-refractivity contribution in [1.82, 2.24) is 10.6 Å². The third kappa shape index (κ3) is 2.84. The Hall–Kier alpha value is -0.940. The van der Waals surface area contributed by atoms with Gasteiger partial charge in [-0.25, -0.2) is 4.39 Å². The Morgan fingerprint density at radius 3 is 2.94 bits per heavy atom. The molecule has 0 aliphatic carbocycles. The van der Waals surface area contributed by atoms with E-state index in [0.717, 1.165) is 19.5 Å². The van der Waals surface area contributed by atoms with Crippen molar-refractivity contribution < 1.29 is 9.18 Å². The molecule has 1 aromatic carbocycles. The minimum atomic E-state index is -0.508. The molecular formula is C12H14BrFN2O. The fourth-order valence-electron chi connectivity index (χ4n) is 1.94. The second-order valence-corrected chi connectivity index (χ2v) is 5.48. The first-order valence-electron chi connectivity index (χ1n) is 5.48. The van der Waals surface area contributed by atoms with E-state index in [1.54, 1.807) is 6.07 Å². The molecule has 1 saturated heterocycles. The highest BCUT2D eigenvalue weighted by molar-refractivity contribution is 9.10. The van der Waals surface area contributed by atoms with Gasteiger partial charge in [-0.15, -0.1) is 0 Å². The summed E-state index contributed by atoms with van der Waals surface area (Å²) in [6.07, 6.45) is 0.858. The lowest BCUT2D eigenvalue weighted by Gasteiger charge is -2.24. The van der Waals surface area contributed by atoms with E-state index in [9.17, 15) is 9.18 Å². The summed E-state index contributed by atoms with van der Waals surface area (Å²) < 4.78 is 14.2. The van der Waals surface area contributed by atoms with Crippen molar-refractivity contribution in [1.29, 1.82) is 0 Å². The summed E-state index contributed by atoms with van der Waals surface area (Å²) in [6.45, 7) is 3.55. The molecule has 1 unspecified atom stereocenters. The molecule has 0 saturated carbocycles. The molecule has 3 nitrogen and oxygen atoms in total. The smallest absolute Gasteiger partial charge is 0.254 e. The number of carbonyl (C=O) groups excluding carboxylic acids is 1. The van der Waals surface area contributed by atoms with Crippen molar-refractivity contribution >= 4 is 21.8 Å². The van der Waals surface area contributed by atoms with Gasteiger partial charge < -0.3 is 10.6 Å². The summed E-state index contributed by atoms with van der Waals surface area (Å²) in [5.41, 5.74) is -0.197. The number of carbonyl (C=O) groups is 1. The predicted molar refractivity (Wildman–Crippen MR) is 67.5 cm³/mol. The van der Waals surface area contributed by atoms with Crippen molar-refractivity contribution in [2.75, 3.05) is 13.1 Å². The van der Waals surface area contributed by atoms with Crippen LogP contribution < -0.4 is 10.6 Å². The molecule has 0 spiro atoms. The second-order valence-electron chi connectivity index (χ2n) is 4.57. The quantitative estimate of drug-likeness (QED) is 0.878. The van der Waals surface area contributed by atoms with Gasteiger partial charge in [0.15, 0.2) is 0 Å². The minimum Gasteiger partial charge on any atom is -0.345 e. The summed E-state index contributed by atoms with van der Waals surface area (Å²) in [6, 6.07) is 4.44. The van der Waals surface area contributed by atoms with Gasteiger partial charge in [0.1, 0.15) is 5.82 Å². The van der Waals surface area contributed by atoms with E-state index < -0.39 is 5.82 Å². The Morgan fingerprint density at radius 2 is 2.35 bits per heavy atom. The molecule has 1 aliphatic heterocycles. The largest absolute Gasteiger partial charge is 0.345 e. The monoisotopic (exact) mass is 300 g/mol. The summed E-state index contributed by atoms with van der Waals surface area (Å²) in [5.74, 6) is -0.868. The first-order chi connectivity index (χ1) is 8.00. The maximum Gasteiger partial charge on any atom is 0.254 e. The first-order valence-corrected chi connectivity index (χ1v) is 6.28. The van der Waals surface area contributed by atoms with Crippen molar-refractivity contribution in [3.63, 3.8) is 0 Å². The molecule has 17 heavy (non-hydrogen) atoms. The molecule has 1 aliphatic rings. The van der Waals surface area contributed by atoms with Crippen LogP contribution in [0.25, 0.3) is 0 Å². The van der Waals surface area contributed by atoms with E-state index in [1.165, 1.54) is 12.1 Å². The molecule has 5 heteroatoms. The van der Waals surface area contributed by atoms with E-state index in [0.29, 0.717) is 4.47 Å². The number of rotatable bonds is 2. The third-order valence-corrected chi connectivity index (χ3v) is 3.45. The number of amides is 1. The average molecular weight is 301 g/mol. The Morgan fingerprint density at radius 1 is 1.59 bits per heavy atom. The molecule has 1 amide bonds. The Bertz CT molecular complexity index is 444. The highest BCUT2D eigenvalue weighted by Crippen LogP contribution is 2.18. The number of hydrogen-bond acceptors (Lipinski definition) is 2. The lowest BCUT2D eigenvalue weighted by Crippen LogP contribution is -2.47. The Labute approximate surface area is 108 Å². The van der Waals surface area contributed by atoms with Gasteiger partial charge in [0.2, 0.25) is 0 Å². The fourth-order valence-corrected chi connectivity index (χ4v) is 2.27. The van der Waals surface area contributed by atoms with Gasteiger partial charge >= 0.3 is 0 Å². The zero-order valence-electron chi connectivity index (χ0n) is 9.52. The molecule has 1 atom stereocenters. The molecule has 1 fully saturated rings. The van der Waals surface area contributed by atoms with Crippen LogP contribution in [-0.2, 0) is 0 Å². The van der Waals surface area contributed by atoms with E-state index in [2.05, 4.69) is 26.6 Å². The molecule has 0 aromatic heterocycles. The average Bonchev–Trinajstić information content (AvgIpc) is 2.64. The predicted octanol–water partition coefficient (Wildman–Crippen LogP) is 2.07. The first kappa shape index (κ1) is 12.5. The molecule has 92 valence electrons.